The molecule has 0 aromatic heterocycles. The van der Waals surface area contributed by atoms with Crippen molar-refractivity contribution in [2.24, 2.45) is 5.73 Å². The molecule has 16 heavy (non-hydrogen) atoms. The third kappa shape index (κ3) is 3.83. The molecule has 0 saturated heterocycles. The average Bonchev–Trinajstić information content (AvgIpc) is 2.28. The molecule has 0 amide bonds. The summed E-state index contributed by atoms with van der Waals surface area (Å²) < 4.78 is 5.66. The number of hydrogen-bond acceptors (Lipinski definition) is 3. The maximum absolute atomic E-state index is 9.23. The smallest absolute Gasteiger partial charge is 0.137 e. The predicted octanol–water partition coefficient (Wildman–Crippen LogP) is 1.86. The van der Waals surface area contributed by atoms with Crippen molar-refractivity contribution in [3.8, 4) is 5.75 Å². The minimum absolute atomic E-state index is 0.0466. The van der Waals surface area contributed by atoms with Crippen molar-refractivity contribution < 1.29 is 9.84 Å². The predicted molar refractivity (Wildman–Crippen MR) is 65.6 cm³/mol. The lowest BCUT2D eigenvalue weighted by atomic mass is 10.1. The van der Waals surface area contributed by atoms with Crippen molar-refractivity contribution in [3.05, 3.63) is 29.8 Å². The SMILES string of the molecule is CCCC(N)C(CO)Oc1ccc(C)cc1. The Labute approximate surface area is 97.2 Å². The van der Waals surface area contributed by atoms with E-state index in [2.05, 4.69) is 6.92 Å². The normalized spacial score (nSPS) is 14.5. The maximum Gasteiger partial charge on any atom is 0.137 e. The molecule has 3 N–H and O–H groups in total. The van der Waals surface area contributed by atoms with Gasteiger partial charge in [-0.25, -0.2) is 0 Å². The van der Waals surface area contributed by atoms with Crippen LogP contribution in [0.5, 0.6) is 5.75 Å². The second kappa shape index (κ2) is 6.51. The standard InChI is InChI=1S/C13H21NO2/c1-3-4-12(14)13(9-15)16-11-7-5-10(2)6-8-11/h5-8,12-13,15H,3-4,9,14H2,1-2H3. The van der Waals surface area contributed by atoms with Crippen LogP contribution in [0.15, 0.2) is 24.3 Å². The topological polar surface area (TPSA) is 55.5 Å². The van der Waals surface area contributed by atoms with Crippen LogP contribution in [0.25, 0.3) is 0 Å². The summed E-state index contributed by atoms with van der Waals surface area (Å²) >= 11 is 0. The molecule has 0 heterocycles. The number of aryl methyl sites for hydroxylation is 1. The summed E-state index contributed by atoms with van der Waals surface area (Å²) in [5.41, 5.74) is 7.12. The molecule has 0 bridgehead atoms. The van der Waals surface area contributed by atoms with Gasteiger partial charge in [-0.15, -0.1) is 0 Å². The van der Waals surface area contributed by atoms with Gasteiger partial charge in [0.1, 0.15) is 11.9 Å². The largest absolute Gasteiger partial charge is 0.486 e. The number of benzene rings is 1. The highest BCUT2D eigenvalue weighted by Crippen LogP contribution is 2.15. The molecule has 3 nitrogen and oxygen atoms in total. The fourth-order valence-corrected chi connectivity index (χ4v) is 1.57. The molecule has 0 fully saturated rings. The number of hydrogen-bond donors (Lipinski definition) is 2. The van der Waals surface area contributed by atoms with Crippen molar-refractivity contribution in [1.82, 2.24) is 0 Å². The summed E-state index contributed by atoms with van der Waals surface area (Å²) in [5.74, 6) is 0.760. The Kier molecular flexibility index (Phi) is 5.29. The maximum atomic E-state index is 9.23. The molecule has 0 spiro atoms. The third-order valence-corrected chi connectivity index (χ3v) is 2.59. The highest BCUT2D eigenvalue weighted by molar-refractivity contribution is 5.26. The summed E-state index contributed by atoms with van der Waals surface area (Å²) in [6, 6.07) is 7.65. The molecule has 1 rings (SSSR count). The molecule has 90 valence electrons. The van der Waals surface area contributed by atoms with E-state index < -0.39 is 0 Å². The lowest BCUT2D eigenvalue weighted by Crippen LogP contribution is -2.41. The van der Waals surface area contributed by atoms with Crippen molar-refractivity contribution in [3.63, 3.8) is 0 Å². The number of nitrogens with two attached hydrogens (primary N) is 1. The molecule has 0 aliphatic heterocycles. The zero-order chi connectivity index (χ0) is 12.0. The summed E-state index contributed by atoms with van der Waals surface area (Å²) in [6.07, 6.45) is 1.54. The molecule has 3 heteroatoms. The average molecular weight is 223 g/mol. The van der Waals surface area contributed by atoms with E-state index in [1.54, 1.807) is 0 Å². The van der Waals surface area contributed by atoms with Gasteiger partial charge >= 0.3 is 0 Å². The van der Waals surface area contributed by atoms with E-state index in [1.165, 1.54) is 5.56 Å². The van der Waals surface area contributed by atoms with Crippen LogP contribution in [-0.4, -0.2) is 23.9 Å². The van der Waals surface area contributed by atoms with E-state index in [0.29, 0.717) is 0 Å². The van der Waals surface area contributed by atoms with Gasteiger partial charge in [-0.05, 0) is 25.5 Å². The Hall–Kier alpha value is -1.06. The van der Waals surface area contributed by atoms with Gasteiger partial charge < -0.3 is 15.6 Å². The Morgan fingerprint density at radius 3 is 2.44 bits per heavy atom. The molecule has 0 saturated carbocycles. The van der Waals surface area contributed by atoms with Gasteiger partial charge in [-0.1, -0.05) is 31.0 Å². The lowest BCUT2D eigenvalue weighted by molar-refractivity contribution is 0.0916. The first-order valence-electron chi connectivity index (χ1n) is 5.77. The molecule has 2 atom stereocenters. The quantitative estimate of drug-likeness (QED) is 0.774. The van der Waals surface area contributed by atoms with E-state index in [-0.39, 0.29) is 18.8 Å². The van der Waals surface area contributed by atoms with E-state index in [4.69, 9.17) is 10.5 Å². The molecular formula is C13H21NO2. The summed E-state index contributed by atoms with van der Waals surface area (Å²) in [5, 5.41) is 9.23. The third-order valence-electron chi connectivity index (χ3n) is 2.59. The van der Waals surface area contributed by atoms with Crippen LogP contribution in [-0.2, 0) is 0 Å². The Bertz CT molecular complexity index is 297. The lowest BCUT2D eigenvalue weighted by Gasteiger charge is -2.23. The molecule has 2 unspecified atom stereocenters. The molecule has 1 aromatic carbocycles. The highest BCUT2D eigenvalue weighted by atomic mass is 16.5. The molecular weight excluding hydrogens is 202 g/mol. The first-order valence-corrected chi connectivity index (χ1v) is 5.77. The van der Waals surface area contributed by atoms with Crippen LogP contribution in [0.1, 0.15) is 25.3 Å². The van der Waals surface area contributed by atoms with Crippen LogP contribution in [0.4, 0.5) is 0 Å². The summed E-state index contributed by atoms with van der Waals surface area (Å²) in [4.78, 5) is 0. The minimum Gasteiger partial charge on any atom is -0.486 e. The molecule has 0 aliphatic carbocycles. The van der Waals surface area contributed by atoms with Crippen LogP contribution in [0, 0.1) is 6.92 Å². The number of ether oxygens (including phenoxy) is 1. The van der Waals surface area contributed by atoms with E-state index >= 15 is 0 Å². The summed E-state index contributed by atoms with van der Waals surface area (Å²) in [7, 11) is 0. The summed E-state index contributed by atoms with van der Waals surface area (Å²) in [6.45, 7) is 4.05. The Balaban J connectivity index is 2.59. The fraction of sp³-hybridized carbons (Fsp3) is 0.538. The monoisotopic (exact) mass is 223 g/mol. The van der Waals surface area contributed by atoms with Crippen molar-refractivity contribution in [2.45, 2.75) is 38.8 Å². The number of aliphatic hydroxyl groups excluding tert-OH is 1. The Morgan fingerprint density at radius 2 is 1.94 bits per heavy atom. The zero-order valence-electron chi connectivity index (χ0n) is 10.0. The first kappa shape index (κ1) is 13.0. The fourth-order valence-electron chi connectivity index (χ4n) is 1.57. The van der Waals surface area contributed by atoms with Gasteiger partial charge in [-0.3, -0.25) is 0 Å². The van der Waals surface area contributed by atoms with Gasteiger partial charge in [0.25, 0.3) is 0 Å². The second-order valence-electron chi connectivity index (χ2n) is 4.10. The van der Waals surface area contributed by atoms with Crippen molar-refractivity contribution in [1.29, 1.82) is 0 Å². The van der Waals surface area contributed by atoms with Gasteiger partial charge in [-0.2, -0.15) is 0 Å². The molecule has 1 aromatic rings. The van der Waals surface area contributed by atoms with Gasteiger partial charge in [0.15, 0.2) is 0 Å². The van der Waals surface area contributed by atoms with Gasteiger partial charge in [0, 0.05) is 6.04 Å². The van der Waals surface area contributed by atoms with Crippen molar-refractivity contribution in [2.75, 3.05) is 6.61 Å². The van der Waals surface area contributed by atoms with Crippen LogP contribution < -0.4 is 10.5 Å². The highest BCUT2D eigenvalue weighted by Gasteiger charge is 2.17. The Morgan fingerprint density at radius 1 is 1.31 bits per heavy atom. The van der Waals surface area contributed by atoms with E-state index in [1.807, 2.05) is 31.2 Å². The van der Waals surface area contributed by atoms with E-state index in [9.17, 15) is 5.11 Å². The van der Waals surface area contributed by atoms with Crippen LogP contribution >= 0.6 is 0 Å². The van der Waals surface area contributed by atoms with E-state index in [0.717, 1.165) is 18.6 Å². The van der Waals surface area contributed by atoms with Gasteiger partial charge in [0.2, 0.25) is 0 Å². The zero-order valence-corrected chi connectivity index (χ0v) is 10.0. The van der Waals surface area contributed by atoms with Crippen LogP contribution in [0.2, 0.25) is 0 Å². The number of aliphatic hydroxyl groups is 1. The molecule has 0 aliphatic rings. The minimum atomic E-state index is -0.317. The first-order chi connectivity index (χ1) is 7.67. The van der Waals surface area contributed by atoms with Gasteiger partial charge in [0.05, 0.1) is 6.61 Å². The molecule has 0 radical (unpaired) electrons. The van der Waals surface area contributed by atoms with Crippen LogP contribution in [0.3, 0.4) is 0 Å². The van der Waals surface area contributed by atoms with Crippen molar-refractivity contribution >= 4 is 0 Å². The second-order valence-corrected chi connectivity index (χ2v) is 4.10. The number of rotatable bonds is 6.